The van der Waals surface area contributed by atoms with Crippen LogP contribution in [0.1, 0.15) is 11.1 Å². The number of rotatable bonds is 2. The van der Waals surface area contributed by atoms with Crippen molar-refractivity contribution in [2.45, 2.75) is 13.8 Å². The first-order valence-corrected chi connectivity index (χ1v) is 7.69. The highest BCUT2D eigenvalue weighted by Crippen LogP contribution is 2.38. The zero-order valence-corrected chi connectivity index (χ0v) is 13.7. The highest BCUT2D eigenvalue weighted by Gasteiger charge is 2.18. The smallest absolute Gasteiger partial charge is 0.339 e. The Balaban J connectivity index is 2.20. The van der Waals surface area contributed by atoms with Crippen LogP contribution in [0.4, 0.5) is 0 Å². The van der Waals surface area contributed by atoms with Gasteiger partial charge in [0.1, 0.15) is 16.9 Å². The predicted molar refractivity (Wildman–Crippen MR) is 93.7 cm³/mol. The molecule has 4 heteroatoms. The van der Waals surface area contributed by atoms with Crippen LogP contribution in [0.2, 0.25) is 0 Å². The highest BCUT2D eigenvalue weighted by atomic mass is 16.5. The third kappa shape index (κ3) is 2.03. The Labute approximate surface area is 138 Å². The van der Waals surface area contributed by atoms with Gasteiger partial charge in [-0.3, -0.25) is 0 Å². The topological polar surface area (TPSA) is 52.6 Å². The number of hydrogen-bond donors (Lipinski definition) is 0. The number of furan rings is 1. The van der Waals surface area contributed by atoms with E-state index in [0.717, 1.165) is 33.2 Å². The molecule has 0 aliphatic heterocycles. The van der Waals surface area contributed by atoms with E-state index in [4.69, 9.17) is 13.6 Å². The summed E-state index contributed by atoms with van der Waals surface area (Å²) in [5.41, 5.74) is 4.17. The number of methoxy groups -OCH3 is 1. The Hall–Kier alpha value is -3.01. The average molecular weight is 320 g/mol. The van der Waals surface area contributed by atoms with Gasteiger partial charge in [0.05, 0.1) is 13.4 Å². The molecule has 0 spiro atoms. The second-order valence-electron chi connectivity index (χ2n) is 5.85. The lowest BCUT2D eigenvalue weighted by Gasteiger charge is -2.13. The molecule has 4 aromatic rings. The molecular formula is C20H16O4. The number of hydrogen-bond acceptors (Lipinski definition) is 4. The largest absolute Gasteiger partial charge is 0.496 e. The zero-order valence-electron chi connectivity index (χ0n) is 13.7. The molecule has 0 atom stereocenters. The average Bonchev–Trinajstić information content (AvgIpc) is 2.95. The molecule has 120 valence electrons. The summed E-state index contributed by atoms with van der Waals surface area (Å²) in [5, 5.41) is 1.88. The van der Waals surface area contributed by atoms with Gasteiger partial charge in [0.2, 0.25) is 0 Å². The molecule has 2 aromatic heterocycles. The fourth-order valence-corrected chi connectivity index (χ4v) is 3.14. The van der Waals surface area contributed by atoms with Gasteiger partial charge in [-0.25, -0.2) is 4.79 Å². The molecule has 2 aromatic carbocycles. The SMILES string of the molecule is COc1ccccc1-c1c(C)c(=O)oc2cc3occ(C)c3cc12. The zero-order chi connectivity index (χ0) is 16.8. The van der Waals surface area contributed by atoms with Gasteiger partial charge in [-0.15, -0.1) is 0 Å². The van der Waals surface area contributed by atoms with Crippen LogP contribution in [0, 0.1) is 13.8 Å². The molecule has 0 amide bonds. The second kappa shape index (κ2) is 5.27. The maximum Gasteiger partial charge on any atom is 0.339 e. The van der Waals surface area contributed by atoms with Gasteiger partial charge in [-0.05, 0) is 31.5 Å². The highest BCUT2D eigenvalue weighted by molar-refractivity contribution is 6.03. The minimum absolute atomic E-state index is 0.356. The van der Waals surface area contributed by atoms with Crippen molar-refractivity contribution in [1.29, 1.82) is 0 Å². The van der Waals surface area contributed by atoms with Crippen LogP contribution in [-0.2, 0) is 0 Å². The minimum Gasteiger partial charge on any atom is -0.496 e. The van der Waals surface area contributed by atoms with Crippen molar-refractivity contribution in [3.63, 3.8) is 0 Å². The first-order valence-electron chi connectivity index (χ1n) is 7.69. The standard InChI is InChI=1S/C20H16O4/c1-11-10-23-17-9-18-15(8-14(11)17)19(12(2)20(21)24-18)13-6-4-5-7-16(13)22-3/h4-10H,1-3H3. The van der Waals surface area contributed by atoms with E-state index in [2.05, 4.69) is 0 Å². The summed E-state index contributed by atoms with van der Waals surface area (Å²) >= 11 is 0. The maximum absolute atomic E-state index is 12.3. The molecule has 0 bridgehead atoms. The molecule has 0 N–H and O–H groups in total. The van der Waals surface area contributed by atoms with Crippen molar-refractivity contribution in [3.05, 3.63) is 64.2 Å². The van der Waals surface area contributed by atoms with E-state index in [1.54, 1.807) is 26.4 Å². The van der Waals surface area contributed by atoms with Crippen LogP contribution in [0.25, 0.3) is 33.1 Å². The van der Waals surface area contributed by atoms with Crippen molar-refractivity contribution in [3.8, 4) is 16.9 Å². The summed E-state index contributed by atoms with van der Waals surface area (Å²) < 4.78 is 16.5. The van der Waals surface area contributed by atoms with Crippen LogP contribution in [0.3, 0.4) is 0 Å². The first kappa shape index (κ1) is 14.6. The Bertz CT molecular complexity index is 1130. The fraction of sp³-hybridized carbons (Fsp3) is 0.150. The van der Waals surface area contributed by atoms with Crippen molar-refractivity contribution in [2.24, 2.45) is 0 Å². The number of para-hydroxylation sites is 1. The predicted octanol–water partition coefficient (Wildman–Crippen LogP) is 4.83. The van der Waals surface area contributed by atoms with Crippen molar-refractivity contribution < 1.29 is 13.6 Å². The third-order valence-electron chi connectivity index (χ3n) is 4.40. The van der Waals surface area contributed by atoms with E-state index in [1.165, 1.54) is 0 Å². The van der Waals surface area contributed by atoms with Gasteiger partial charge >= 0.3 is 5.63 Å². The van der Waals surface area contributed by atoms with Gasteiger partial charge in [0.15, 0.2) is 0 Å². The molecule has 0 fully saturated rings. The summed E-state index contributed by atoms with van der Waals surface area (Å²) in [5.74, 6) is 0.719. The number of aryl methyl sites for hydroxylation is 1. The van der Waals surface area contributed by atoms with Crippen LogP contribution in [-0.4, -0.2) is 7.11 Å². The quantitative estimate of drug-likeness (QED) is 0.496. The number of fused-ring (bicyclic) bond motifs is 2. The normalized spacial score (nSPS) is 11.3. The number of ether oxygens (including phenoxy) is 1. The second-order valence-corrected chi connectivity index (χ2v) is 5.85. The lowest BCUT2D eigenvalue weighted by molar-refractivity contribution is 0.416. The van der Waals surface area contributed by atoms with Crippen LogP contribution in [0.15, 0.2) is 56.3 Å². The summed E-state index contributed by atoms with van der Waals surface area (Å²) in [6, 6.07) is 11.5. The van der Waals surface area contributed by atoms with E-state index in [-0.39, 0.29) is 5.63 Å². The van der Waals surface area contributed by atoms with Gasteiger partial charge < -0.3 is 13.6 Å². The van der Waals surface area contributed by atoms with Crippen molar-refractivity contribution >= 4 is 21.9 Å². The van der Waals surface area contributed by atoms with Gasteiger partial charge in [-0.2, -0.15) is 0 Å². The van der Waals surface area contributed by atoms with Crippen molar-refractivity contribution in [2.75, 3.05) is 7.11 Å². The van der Waals surface area contributed by atoms with Crippen LogP contribution >= 0.6 is 0 Å². The van der Waals surface area contributed by atoms with E-state index >= 15 is 0 Å². The third-order valence-corrected chi connectivity index (χ3v) is 4.40. The fourth-order valence-electron chi connectivity index (χ4n) is 3.14. The summed E-state index contributed by atoms with van der Waals surface area (Å²) in [4.78, 5) is 12.3. The van der Waals surface area contributed by atoms with E-state index in [0.29, 0.717) is 16.7 Å². The van der Waals surface area contributed by atoms with Crippen LogP contribution in [0.5, 0.6) is 5.75 Å². The molecule has 0 saturated carbocycles. The molecule has 24 heavy (non-hydrogen) atoms. The Morgan fingerprint density at radius 2 is 1.79 bits per heavy atom. The van der Waals surface area contributed by atoms with Crippen LogP contribution < -0.4 is 10.4 Å². The van der Waals surface area contributed by atoms with Gasteiger partial charge in [-0.1, -0.05) is 18.2 Å². The molecular weight excluding hydrogens is 304 g/mol. The maximum atomic E-state index is 12.3. The van der Waals surface area contributed by atoms with E-state index in [1.807, 2.05) is 37.3 Å². The summed E-state index contributed by atoms with van der Waals surface area (Å²) in [7, 11) is 1.63. The molecule has 2 heterocycles. The Morgan fingerprint density at radius 1 is 1.00 bits per heavy atom. The Morgan fingerprint density at radius 3 is 2.58 bits per heavy atom. The summed E-state index contributed by atoms with van der Waals surface area (Å²) in [6.07, 6.45) is 1.71. The molecule has 0 radical (unpaired) electrons. The first-order chi connectivity index (χ1) is 11.6. The lowest BCUT2D eigenvalue weighted by Crippen LogP contribution is -2.06. The molecule has 0 aliphatic rings. The molecule has 4 nitrogen and oxygen atoms in total. The monoisotopic (exact) mass is 320 g/mol. The molecule has 4 rings (SSSR count). The minimum atomic E-state index is -0.356. The van der Waals surface area contributed by atoms with Gasteiger partial charge in [0.25, 0.3) is 0 Å². The lowest BCUT2D eigenvalue weighted by atomic mass is 9.96. The summed E-state index contributed by atoms with van der Waals surface area (Å²) in [6.45, 7) is 3.77. The van der Waals surface area contributed by atoms with E-state index in [9.17, 15) is 4.79 Å². The van der Waals surface area contributed by atoms with Gasteiger partial charge in [0, 0.05) is 33.5 Å². The van der Waals surface area contributed by atoms with E-state index < -0.39 is 0 Å². The molecule has 0 saturated heterocycles. The molecule has 0 unspecified atom stereocenters. The molecule has 0 aliphatic carbocycles. The Kier molecular flexibility index (Phi) is 3.20. The van der Waals surface area contributed by atoms with Crippen molar-refractivity contribution in [1.82, 2.24) is 0 Å². The number of benzene rings is 2.